The van der Waals surface area contributed by atoms with E-state index in [9.17, 15) is 9.18 Å². The minimum Gasteiger partial charge on any atom is -0.395 e. The van der Waals surface area contributed by atoms with Crippen LogP contribution in [0.2, 0.25) is 0 Å². The number of halogens is 1. The number of aliphatic hydroxyl groups is 1. The zero-order valence-corrected chi connectivity index (χ0v) is 13.2. The second-order valence-corrected chi connectivity index (χ2v) is 5.75. The molecule has 5 heteroatoms. The van der Waals surface area contributed by atoms with E-state index in [2.05, 4.69) is 4.90 Å². The van der Waals surface area contributed by atoms with Crippen LogP contribution in [-0.2, 0) is 11.3 Å². The number of piperidine rings is 1. The summed E-state index contributed by atoms with van der Waals surface area (Å²) < 4.78 is 13.0. The Labute approximate surface area is 131 Å². The summed E-state index contributed by atoms with van der Waals surface area (Å²) in [5.41, 5.74) is 1.02. The molecule has 1 fully saturated rings. The highest BCUT2D eigenvalue weighted by Gasteiger charge is 2.31. The molecule has 0 aromatic heterocycles. The Balaban J connectivity index is 2.07. The zero-order chi connectivity index (χ0) is 15.9. The van der Waals surface area contributed by atoms with Crippen molar-refractivity contribution >= 4 is 5.91 Å². The van der Waals surface area contributed by atoms with Gasteiger partial charge in [-0.1, -0.05) is 18.6 Å². The van der Waals surface area contributed by atoms with Crippen molar-refractivity contribution in [2.75, 3.05) is 26.2 Å². The molecule has 2 rings (SSSR count). The van der Waals surface area contributed by atoms with Crippen LogP contribution in [0.25, 0.3) is 0 Å². The molecule has 1 heterocycles. The largest absolute Gasteiger partial charge is 0.395 e. The summed E-state index contributed by atoms with van der Waals surface area (Å²) in [6.07, 6.45) is 2.98. The van der Waals surface area contributed by atoms with Crippen molar-refractivity contribution in [3.63, 3.8) is 0 Å². The molecular formula is C17H25FN2O2. The Kier molecular flexibility index (Phi) is 6.34. The molecule has 0 radical (unpaired) electrons. The molecule has 1 aromatic carbocycles. The fraction of sp³-hybridized carbons (Fsp3) is 0.588. The van der Waals surface area contributed by atoms with Crippen LogP contribution in [0.3, 0.4) is 0 Å². The summed E-state index contributed by atoms with van der Waals surface area (Å²) in [7, 11) is 0. The topological polar surface area (TPSA) is 43.8 Å². The Morgan fingerprint density at radius 1 is 1.36 bits per heavy atom. The number of rotatable bonds is 6. The maximum atomic E-state index is 13.0. The third-order valence-corrected chi connectivity index (χ3v) is 4.26. The molecule has 0 aliphatic carbocycles. The van der Waals surface area contributed by atoms with Gasteiger partial charge in [0.05, 0.1) is 12.6 Å². The van der Waals surface area contributed by atoms with E-state index in [0.29, 0.717) is 19.6 Å². The van der Waals surface area contributed by atoms with Gasteiger partial charge in [0.25, 0.3) is 0 Å². The van der Waals surface area contributed by atoms with Gasteiger partial charge in [0.15, 0.2) is 0 Å². The first-order chi connectivity index (χ1) is 10.7. The Bertz CT molecular complexity index is 478. The summed E-state index contributed by atoms with van der Waals surface area (Å²) in [5.74, 6) is -0.145. The fourth-order valence-electron chi connectivity index (χ4n) is 3.04. The standard InChI is InChI=1S/C17H25FN2O2/c1-2-19(11-12-21)17(22)16-5-3-4-10-20(16)13-14-6-8-15(18)9-7-14/h6-9,16,21H,2-5,10-13H2,1H3. The number of nitrogens with zero attached hydrogens (tertiary/aromatic N) is 2. The number of amides is 1. The lowest BCUT2D eigenvalue weighted by Crippen LogP contribution is -2.51. The van der Waals surface area contributed by atoms with Crippen molar-refractivity contribution in [1.82, 2.24) is 9.80 Å². The molecule has 0 bridgehead atoms. The van der Waals surface area contributed by atoms with Crippen molar-refractivity contribution in [2.24, 2.45) is 0 Å². The van der Waals surface area contributed by atoms with Gasteiger partial charge in [-0.15, -0.1) is 0 Å². The Hall–Kier alpha value is -1.46. The van der Waals surface area contributed by atoms with Crippen LogP contribution in [0.4, 0.5) is 4.39 Å². The number of aliphatic hydroxyl groups excluding tert-OH is 1. The Morgan fingerprint density at radius 3 is 2.73 bits per heavy atom. The lowest BCUT2D eigenvalue weighted by atomic mass is 9.99. The summed E-state index contributed by atoms with van der Waals surface area (Å²) in [4.78, 5) is 16.6. The molecule has 4 nitrogen and oxygen atoms in total. The van der Waals surface area contributed by atoms with Crippen molar-refractivity contribution in [3.8, 4) is 0 Å². The highest BCUT2D eigenvalue weighted by atomic mass is 19.1. The molecule has 1 aliphatic heterocycles. The molecule has 1 aromatic rings. The number of benzene rings is 1. The Morgan fingerprint density at radius 2 is 2.09 bits per heavy atom. The summed E-state index contributed by atoms with van der Waals surface area (Å²) in [6.45, 7) is 4.46. The first-order valence-corrected chi connectivity index (χ1v) is 8.04. The van der Waals surface area contributed by atoms with E-state index in [1.807, 2.05) is 6.92 Å². The number of hydrogen-bond acceptors (Lipinski definition) is 3. The quantitative estimate of drug-likeness (QED) is 0.874. The summed E-state index contributed by atoms with van der Waals surface area (Å²) in [6, 6.07) is 6.33. The second kappa shape index (κ2) is 8.25. The van der Waals surface area contributed by atoms with Crippen molar-refractivity contribution in [2.45, 2.75) is 38.8 Å². The molecule has 1 unspecified atom stereocenters. The first-order valence-electron chi connectivity index (χ1n) is 8.04. The fourth-order valence-corrected chi connectivity index (χ4v) is 3.04. The van der Waals surface area contributed by atoms with Crippen LogP contribution in [0.1, 0.15) is 31.7 Å². The van der Waals surface area contributed by atoms with Crippen molar-refractivity contribution in [1.29, 1.82) is 0 Å². The third kappa shape index (κ3) is 4.27. The van der Waals surface area contributed by atoms with Gasteiger partial charge in [-0.05, 0) is 44.0 Å². The molecule has 0 spiro atoms. The van der Waals surface area contributed by atoms with Gasteiger partial charge in [-0.3, -0.25) is 9.69 Å². The highest BCUT2D eigenvalue weighted by Crippen LogP contribution is 2.21. The van der Waals surface area contributed by atoms with E-state index in [1.165, 1.54) is 12.1 Å². The van der Waals surface area contributed by atoms with Crippen LogP contribution >= 0.6 is 0 Å². The van der Waals surface area contributed by atoms with E-state index >= 15 is 0 Å². The van der Waals surface area contributed by atoms with Crippen LogP contribution in [0.15, 0.2) is 24.3 Å². The van der Waals surface area contributed by atoms with Crippen LogP contribution in [0, 0.1) is 5.82 Å². The van der Waals surface area contributed by atoms with E-state index in [4.69, 9.17) is 5.11 Å². The first kappa shape index (κ1) is 16.9. The zero-order valence-electron chi connectivity index (χ0n) is 13.2. The van der Waals surface area contributed by atoms with Gasteiger partial charge in [-0.25, -0.2) is 4.39 Å². The third-order valence-electron chi connectivity index (χ3n) is 4.26. The molecule has 1 aliphatic rings. The van der Waals surface area contributed by atoms with Crippen molar-refractivity contribution < 1.29 is 14.3 Å². The maximum Gasteiger partial charge on any atom is 0.240 e. The number of carbonyl (C=O) groups is 1. The molecule has 1 N–H and O–H groups in total. The van der Waals surface area contributed by atoms with Crippen LogP contribution < -0.4 is 0 Å². The molecule has 1 saturated heterocycles. The van der Waals surface area contributed by atoms with Gasteiger partial charge >= 0.3 is 0 Å². The monoisotopic (exact) mass is 308 g/mol. The van der Waals surface area contributed by atoms with Gasteiger partial charge in [0.2, 0.25) is 5.91 Å². The molecule has 1 amide bonds. The van der Waals surface area contributed by atoms with Gasteiger partial charge in [0.1, 0.15) is 5.82 Å². The molecule has 0 saturated carbocycles. The highest BCUT2D eigenvalue weighted by molar-refractivity contribution is 5.82. The van der Waals surface area contributed by atoms with Crippen LogP contribution in [0.5, 0.6) is 0 Å². The SMILES string of the molecule is CCN(CCO)C(=O)C1CCCCN1Cc1ccc(F)cc1. The number of hydrogen-bond donors (Lipinski definition) is 1. The van der Waals surface area contributed by atoms with E-state index in [0.717, 1.165) is 31.4 Å². The normalized spacial score (nSPS) is 19.1. The lowest BCUT2D eigenvalue weighted by molar-refractivity contribution is -0.138. The minimum atomic E-state index is -0.241. The minimum absolute atomic E-state index is 0.00966. The second-order valence-electron chi connectivity index (χ2n) is 5.75. The summed E-state index contributed by atoms with van der Waals surface area (Å²) >= 11 is 0. The molecule has 22 heavy (non-hydrogen) atoms. The lowest BCUT2D eigenvalue weighted by Gasteiger charge is -2.37. The van der Waals surface area contributed by atoms with Gasteiger partial charge in [-0.2, -0.15) is 0 Å². The summed E-state index contributed by atoms with van der Waals surface area (Å²) in [5, 5.41) is 9.10. The molecule has 1 atom stereocenters. The average Bonchev–Trinajstić information content (AvgIpc) is 2.54. The van der Waals surface area contributed by atoms with E-state index in [1.54, 1.807) is 17.0 Å². The average molecular weight is 308 g/mol. The molecular weight excluding hydrogens is 283 g/mol. The van der Waals surface area contributed by atoms with Crippen LogP contribution in [-0.4, -0.2) is 53.1 Å². The number of likely N-dealkylation sites (tertiary alicyclic amines) is 1. The van der Waals surface area contributed by atoms with E-state index < -0.39 is 0 Å². The van der Waals surface area contributed by atoms with Crippen molar-refractivity contribution in [3.05, 3.63) is 35.6 Å². The molecule has 122 valence electrons. The smallest absolute Gasteiger partial charge is 0.240 e. The van der Waals surface area contributed by atoms with E-state index in [-0.39, 0.29) is 24.4 Å². The predicted octanol–water partition coefficient (Wildman–Crippen LogP) is 2.02. The number of carbonyl (C=O) groups excluding carboxylic acids is 1. The maximum absolute atomic E-state index is 13.0. The number of likely N-dealkylation sites (N-methyl/N-ethyl adjacent to an activating group) is 1. The van der Waals surface area contributed by atoms with Gasteiger partial charge < -0.3 is 10.0 Å². The van der Waals surface area contributed by atoms with Gasteiger partial charge in [0, 0.05) is 19.6 Å². The predicted molar refractivity (Wildman–Crippen MR) is 83.8 cm³/mol.